The van der Waals surface area contributed by atoms with Gasteiger partial charge < -0.3 is 4.55 Å². The summed E-state index contributed by atoms with van der Waals surface area (Å²) < 4.78 is 20.2. The fourth-order valence-corrected chi connectivity index (χ4v) is 2.93. The molecule has 0 aliphatic heterocycles. The van der Waals surface area contributed by atoms with Crippen LogP contribution in [0, 0.1) is 0 Å². The Kier molecular flexibility index (Phi) is 3.70. The lowest BCUT2D eigenvalue weighted by molar-refractivity contribution is 0.566. The van der Waals surface area contributed by atoms with Gasteiger partial charge in [0.05, 0.1) is 10.6 Å². The molecular weight excluding hydrogens is 264 g/mol. The number of hydrogen-bond donors (Lipinski definition) is 1. The molecule has 2 aromatic rings. The SMILES string of the molecule is CSc1nccc(-c2ccc(S(=O)O)s2)n1. The van der Waals surface area contributed by atoms with Gasteiger partial charge in [0.2, 0.25) is 0 Å². The van der Waals surface area contributed by atoms with Crippen LogP contribution in [0.15, 0.2) is 33.8 Å². The Morgan fingerprint density at radius 2 is 2.25 bits per heavy atom. The first kappa shape index (κ1) is 11.7. The average molecular weight is 272 g/mol. The first-order valence-electron chi connectivity index (χ1n) is 4.29. The van der Waals surface area contributed by atoms with Gasteiger partial charge in [0.1, 0.15) is 4.21 Å². The van der Waals surface area contributed by atoms with Gasteiger partial charge in [-0.1, -0.05) is 11.8 Å². The van der Waals surface area contributed by atoms with Crippen LogP contribution in [0.25, 0.3) is 10.6 Å². The lowest BCUT2D eigenvalue weighted by Crippen LogP contribution is -1.86. The molecule has 0 bridgehead atoms. The van der Waals surface area contributed by atoms with E-state index in [1.165, 1.54) is 23.1 Å². The molecule has 1 unspecified atom stereocenters. The molecule has 0 amide bonds. The number of rotatable bonds is 3. The van der Waals surface area contributed by atoms with Crippen LogP contribution in [0.1, 0.15) is 0 Å². The van der Waals surface area contributed by atoms with E-state index in [-0.39, 0.29) is 0 Å². The van der Waals surface area contributed by atoms with Crippen molar-refractivity contribution in [3.8, 4) is 10.6 Å². The van der Waals surface area contributed by atoms with Gasteiger partial charge in [0.25, 0.3) is 0 Å². The number of nitrogens with zero attached hydrogens (tertiary/aromatic N) is 2. The average Bonchev–Trinajstić information content (AvgIpc) is 2.78. The van der Waals surface area contributed by atoms with Crippen LogP contribution in [0.3, 0.4) is 0 Å². The zero-order valence-electron chi connectivity index (χ0n) is 8.28. The predicted octanol–water partition coefficient (Wildman–Crippen LogP) is 2.51. The van der Waals surface area contributed by atoms with Crippen LogP contribution in [0.4, 0.5) is 0 Å². The van der Waals surface area contributed by atoms with Gasteiger partial charge in [-0.05, 0) is 24.5 Å². The highest BCUT2D eigenvalue weighted by molar-refractivity contribution is 7.98. The monoisotopic (exact) mass is 272 g/mol. The van der Waals surface area contributed by atoms with Crippen LogP contribution in [-0.2, 0) is 11.1 Å². The Balaban J connectivity index is 2.38. The summed E-state index contributed by atoms with van der Waals surface area (Å²) in [4.78, 5) is 9.26. The molecule has 2 aromatic heterocycles. The third-order valence-corrected chi connectivity index (χ3v) is 4.44. The molecule has 2 heterocycles. The van der Waals surface area contributed by atoms with Gasteiger partial charge >= 0.3 is 0 Å². The fourth-order valence-electron chi connectivity index (χ4n) is 1.13. The topological polar surface area (TPSA) is 63.1 Å². The second-order valence-corrected chi connectivity index (χ2v) is 5.85. The van der Waals surface area contributed by atoms with Crippen molar-refractivity contribution < 1.29 is 8.76 Å². The minimum atomic E-state index is -1.92. The Labute approximate surface area is 103 Å². The molecule has 0 aliphatic rings. The maximum Gasteiger partial charge on any atom is 0.196 e. The van der Waals surface area contributed by atoms with E-state index < -0.39 is 11.1 Å². The molecule has 0 fully saturated rings. The maximum atomic E-state index is 10.9. The highest BCUT2D eigenvalue weighted by Gasteiger charge is 2.08. The normalized spacial score (nSPS) is 12.6. The van der Waals surface area contributed by atoms with Crippen molar-refractivity contribution in [2.75, 3.05) is 6.26 Å². The van der Waals surface area contributed by atoms with Gasteiger partial charge in [-0.15, -0.1) is 11.3 Å². The third kappa shape index (κ3) is 2.49. The summed E-state index contributed by atoms with van der Waals surface area (Å²) in [5, 5.41) is 0.692. The highest BCUT2D eigenvalue weighted by Crippen LogP contribution is 2.28. The molecular formula is C9H8N2O2S3. The van der Waals surface area contributed by atoms with Gasteiger partial charge in [-0.25, -0.2) is 14.2 Å². The summed E-state index contributed by atoms with van der Waals surface area (Å²) in [6.07, 6.45) is 3.59. The summed E-state index contributed by atoms with van der Waals surface area (Å²) in [6.45, 7) is 0. The molecule has 0 saturated heterocycles. The predicted molar refractivity (Wildman–Crippen MR) is 66.2 cm³/mol. The molecule has 0 radical (unpaired) electrons. The van der Waals surface area contributed by atoms with E-state index in [4.69, 9.17) is 4.55 Å². The highest BCUT2D eigenvalue weighted by atomic mass is 32.2. The number of thioether (sulfide) groups is 1. The smallest absolute Gasteiger partial charge is 0.196 e. The quantitative estimate of drug-likeness (QED) is 0.528. The van der Waals surface area contributed by atoms with Crippen LogP contribution in [-0.4, -0.2) is 25.0 Å². The molecule has 0 spiro atoms. The van der Waals surface area contributed by atoms with E-state index in [0.717, 1.165) is 10.6 Å². The van der Waals surface area contributed by atoms with E-state index in [9.17, 15) is 4.21 Å². The molecule has 0 aromatic carbocycles. The fraction of sp³-hybridized carbons (Fsp3) is 0.111. The van der Waals surface area contributed by atoms with Crippen LogP contribution in [0.2, 0.25) is 0 Å². The minimum absolute atomic E-state index is 0.430. The Morgan fingerprint density at radius 3 is 2.88 bits per heavy atom. The largest absolute Gasteiger partial charge is 0.302 e. The minimum Gasteiger partial charge on any atom is -0.302 e. The van der Waals surface area contributed by atoms with Crippen molar-refractivity contribution in [2.45, 2.75) is 9.37 Å². The molecule has 0 saturated carbocycles. The third-order valence-electron chi connectivity index (χ3n) is 1.82. The van der Waals surface area contributed by atoms with Crippen molar-refractivity contribution in [1.29, 1.82) is 0 Å². The van der Waals surface area contributed by atoms with Crippen molar-refractivity contribution in [2.24, 2.45) is 0 Å². The van der Waals surface area contributed by atoms with Gasteiger partial charge in [-0.2, -0.15) is 0 Å². The Morgan fingerprint density at radius 1 is 1.44 bits per heavy atom. The molecule has 2 rings (SSSR count). The molecule has 16 heavy (non-hydrogen) atoms. The molecule has 7 heteroatoms. The van der Waals surface area contributed by atoms with Crippen molar-refractivity contribution in [3.05, 3.63) is 24.4 Å². The van der Waals surface area contributed by atoms with E-state index in [1.54, 1.807) is 24.4 Å². The standard InChI is InChI=1S/C9H8N2O2S3/c1-14-9-10-5-4-6(11-9)7-2-3-8(15-7)16(12)13/h2-5H,1H3,(H,12,13). The number of hydrogen-bond acceptors (Lipinski definition) is 5. The molecule has 1 N–H and O–H groups in total. The van der Waals surface area contributed by atoms with Crippen molar-refractivity contribution in [1.82, 2.24) is 9.97 Å². The molecule has 84 valence electrons. The Hall–Kier alpha value is -0.760. The summed E-state index contributed by atoms with van der Waals surface area (Å²) in [5.41, 5.74) is 0.779. The lowest BCUT2D eigenvalue weighted by atomic mass is 10.3. The molecule has 0 aliphatic carbocycles. The number of thiophene rings is 1. The van der Waals surface area contributed by atoms with Gasteiger partial charge in [0, 0.05) is 6.20 Å². The van der Waals surface area contributed by atoms with E-state index in [2.05, 4.69) is 9.97 Å². The maximum absolute atomic E-state index is 10.9. The summed E-state index contributed by atoms with van der Waals surface area (Å²) in [7, 11) is 0. The van der Waals surface area contributed by atoms with Gasteiger partial charge in [-0.3, -0.25) is 0 Å². The summed E-state index contributed by atoms with van der Waals surface area (Å²) >= 11 is 0.808. The van der Waals surface area contributed by atoms with Gasteiger partial charge in [0.15, 0.2) is 16.2 Å². The second kappa shape index (κ2) is 5.05. The van der Waals surface area contributed by atoms with Crippen LogP contribution >= 0.6 is 23.1 Å². The van der Waals surface area contributed by atoms with E-state index >= 15 is 0 Å². The summed E-state index contributed by atoms with van der Waals surface area (Å²) in [6, 6.07) is 5.22. The second-order valence-electron chi connectivity index (χ2n) is 2.80. The van der Waals surface area contributed by atoms with E-state index in [0.29, 0.717) is 9.37 Å². The Bertz CT molecular complexity index is 527. The summed E-state index contributed by atoms with van der Waals surface area (Å²) in [5.74, 6) is 0. The first-order chi connectivity index (χ1) is 7.70. The van der Waals surface area contributed by atoms with Crippen LogP contribution in [0.5, 0.6) is 0 Å². The van der Waals surface area contributed by atoms with E-state index in [1.807, 2.05) is 6.26 Å². The lowest BCUT2D eigenvalue weighted by Gasteiger charge is -1.98. The zero-order valence-corrected chi connectivity index (χ0v) is 10.7. The molecule has 1 atom stereocenters. The van der Waals surface area contributed by atoms with Crippen molar-refractivity contribution in [3.63, 3.8) is 0 Å². The first-order valence-corrected chi connectivity index (χ1v) is 7.43. The molecule has 4 nitrogen and oxygen atoms in total. The number of aromatic nitrogens is 2. The zero-order chi connectivity index (χ0) is 11.5. The van der Waals surface area contributed by atoms with Crippen LogP contribution < -0.4 is 0 Å². The van der Waals surface area contributed by atoms with Crippen molar-refractivity contribution >= 4 is 34.2 Å².